The molecule has 1 fully saturated rings. The number of aromatic nitrogens is 4. The summed E-state index contributed by atoms with van der Waals surface area (Å²) in [6, 6.07) is 2.02. The summed E-state index contributed by atoms with van der Waals surface area (Å²) in [5.41, 5.74) is 2.16. The molecule has 2 aromatic rings. The molecule has 5 heteroatoms. The lowest BCUT2D eigenvalue weighted by Crippen LogP contribution is -2.11. The van der Waals surface area contributed by atoms with Gasteiger partial charge >= 0.3 is 0 Å². The zero-order valence-corrected chi connectivity index (χ0v) is 12.3. The van der Waals surface area contributed by atoms with Gasteiger partial charge in [-0.2, -0.15) is 5.10 Å². The van der Waals surface area contributed by atoms with Crippen LogP contribution in [-0.4, -0.2) is 26.3 Å². The molecule has 0 aliphatic heterocycles. The number of hydrogen-bond donors (Lipinski definition) is 1. The Morgan fingerprint density at radius 3 is 2.75 bits per heavy atom. The number of nitrogens with zero attached hydrogens (tertiary/aromatic N) is 4. The van der Waals surface area contributed by atoms with Gasteiger partial charge in [0.25, 0.3) is 0 Å². The maximum Gasteiger partial charge on any atom is 0.137 e. The van der Waals surface area contributed by atoms with Crippen LogP contribution < -0.4 is 5.32 Å². The fourth-order valence-electron chi connectivity index (χ4n) is 2.17. The van der Waals surface area contributed by atoms with Crippen molar-refractivity contribution in [3.8, 4) is 11.3 Å². The third kappa shape index (κ3) is 2.53. The molecule has 0 amide bonds. The molecule has 1 N–H and O–H groups in total. The number of nitrogens with one attached hydrogen (secondary N) is 1. The molecule has 0 radical (unpaired) electrons. The van der Waals surface area contributed by atoms with E-state index in [4.69, 9.17) is 4.98 Å². The Balaban J connectivity index is 2.00. The highest BCUT2D eigenvalue weighted by Crippen LogP contribution is 2.46. The first-order valence-electron chi connectivity index (χ1n) is 7.23. The number of hydrogen-bond acceptors (Lipinski definition) is 4. The summed E-state index contributed by atoms with van der Waals surface area (Å²) in [7, 11) is 1.92. The lowest BCUT2D eigenvalue weighted by atomic mass is 10.1. The van der Waals surface area contributed by atoms with Crippen LogP contribution in [0.1, 0.15) is 38.9 Å². The summed E-state index contributed by atoms with van der Waals surface area (Å²) in [5, 5.41) is 7.60. The second kappa shape index (κ2) is 4.89. The Morgan fingerprint density at radius 2 is 2.15 bits per heavy atom. The van der Waals surface area contributed by atoms with Gasteiger partial charge in [-0.25, -0.2) is 9.97 Å². The smallest absolute Gasteiger partial charge is 0.137 e. The van der Waals surface area contributed by atoms with Crippen molar-refractivity contribution in [3.63, 3.8) is 0 Å². The fraction of sp³-hybridized carbons (Fsp3) is 0.533. The Hall–Kier alpha value is -1.91. The van der Waals surface area contributed by atoms with E-state index in [2.05, 4.69) is 29.2 Å². The van der Waals surface area contributed by atoms with Crippen LogP contribution >= 0.6 is 0 Å². The van der Waals surface area contributed by atoms with Gasteiger partial charge in [0.2, 0.25) is 0 Å². The molecule has 1 aliphatic carbocycles. The summed E-state index contributed by atoms with van der Waals surface area (Å²) in [6.45, 7) is 5.32. The van der Waals surface area contributed by atoms with Crippen molar-refractivity contribution >= 4 is 5.82 Å². The van der Waals surface area contributed by atoms with Gasteiger partial charge in [-0.15, -0.1) is 0 Å². The van der Waals surface area contributed by atoms with E-state index in [1.54, 1.807) is 4.68 Å². The van der Waals surface area contributed by atoms with Crippen molar-refractivity contribution in [2.45, 2.75) is 38.5 Å². The van der Waals surface area contributed by atoms with Crippen LogP contribution in [0, 0.1) is 0 Å². The van der Waals surface area contributed by atoms with Crippen LogP contribution in [0.4, 0.5) is 5.82 Å². The van der Waals surface area contributed by atoms with Gasteiger partial charge in [0, 0.05) is 36.8 Å². The van der Waals surface area contributed by atoms with Crippen LogP contribution in [0.5, 0.6) is 0 Å². The van der Waals surface area contributed by atoms with E-state index < -0.39 is 0 Å². The zero-order valence-electron chi connectivity index (χ0n) is 12.3. The fourth-order valence-corrected chi connectivity index (χ4v) is 2.17. The topological polar surface area (TPSA) is 55.6 Å². The predicted octanol–water partition coefficient (Wildman–Crippen LogP) is 2.75. The van der Waals surface area contributed by atoms with Crippen LogP contribution in [0.25, 0.3) is 11.3 Å². The summed E-state index contributed by atoms with van der Waals surface area (Å²) >= 11 is 0. The van der Waals surface area contributed by atoms with Crippen molar-refractivity contribution in [1.29, 1.82) is 0 Å². The Labute approximate surface area is 119 Å². The third-order valence-electron chi connectivity index (χ3n) is 3.82. The lowest BCUT2D eigenvalue weighted by Gasteiger charge is -2.12. The van der Waals surface area contributed by atoms with E-state index in [0.29, 0.717) is 0 Å². The standard InChI is InChI=1S/C15H21N5/c1-4-7-16-13-8-12(11-9-17-20(3)10-11)18-14(19-13)15(2)5-6-15/h8-10H,4-7H2,1-3H3,(H,16,18,19). The Morgan fingerprint density at radius 1 is 1.35 bits per heavy atom. The van der Waals surface area contributed by atoms with Gasteiger partial charge in [-0.05, 0) is 19.3 Å². The SMILES string of the molecule is CCCNc1cc(-c2cnn(C)c2)nc(C2(C)CC2)n1. The minimum Gasteiger partial charge on any atom is -0.370 e. The lowest BCUT2D eigenvalue weighted by molar-refractivity contribution is 0.710. The Kier molecular flexibility index (Phi) is 3.20. The molecule has 2 heterocycles. The molecule has 1 aliphatic rings. The number of rotatable bonds is 5. The largest absolute Gasteiger partial charge is 0.370 e. The third-order valence-corrected chi connectivity index (χ3v) is 3.82. The van der Waals surface area contributed by atoms with E-state index in [9.17, 15) is 0 Å². The quantitative estimate of drug-likeness (QED) is 0.908. The van der Waals surface area contributed by atoms with E-state index in [-0.39, 0.29) is 5.41 Å². The van der Waals surface area contributed by atoms with E-state index in [0.717, 1.165) is 35.9 Å². The predicted molar refractivity (Wildman–Crippen MR) is 79.6 cm³/mol. The van der Waals surface area contributed by atoms with E-state index >= 15 is 0 Å². The first kappa shape index (κ1) is 13.1. The van der Waals surface area contributed by atoms with Gasteiger partial charge in [0.05, 0.1) is 11.9 Å². The van der Waals surface area contributed by atoms with E-state index in [1.165, 1.54) is 12.8 Å². The maximum atomic E-state index is 4.75. The number of aryl methyl sites for hydroxylation is 1. The minimum atomic E-state index is 0.168. The number of anilines is 1. The summed E-state index contributed by atoms with van der Waals surface area (Å²) in [6.07, 6.45) is 7.28. The van der Waals surface area contributed by atoms with Gasteiger partial charge in [0.15, 0.2) is 0 Å². The van der Waals surface area contributed by atoms with Gasteiger partial charge < -0.3 is 5.32 Å². The molecule has 1 saturated carbocycles. The molecule has 0 aromatic carbocycles. The molecule has 0 bridgehead atoms. The van der Waals surface area contributed by atoms with Gasteiger partial charge in [0.1, 0.15) is 11.6 Å². The van der Waals surface area contributed by atoms with Crippen molar-refractivity contribution < 1.29 is 0 Å². The highest BCUT2D eigenvalue weighted by Gasteiger charge is 2.42. The first-order valence-corrected chi connectivity index (χ1v) is 7.23. The van der Waals surface area contributed by atoms with Crippen LogP contribution in [0.15, 0.2) is 18.5 Å². The molecule has 20 heavy (non-hydrogen) atoms. The molecule has 106 valence electrons. The highest BCUT2D eigenvalue weighted by atomic mass is 15.2. The summed E-state index contributed by atoms with van der Waals surface area (Å²) in [5.74, 6) is 1.88. The Bertz CT molecular complexity index is 612. The molecule has 3 rings (SSSR count). The first-order chi connectivity index (χ1) is 9.60. The van der Waals surface area contributed by atoms with Crippen molar-refractivity contribution in [3.05, 3.63) is 24.3 Å². The van der Waals surface area contributed by atoms with Crippen LogP contribution in [0.3, 0.4) is 0 Å². The van der Waals surface area contributed by atoms with Crippen molar-refractivity contribution in [2.75, 3.05) is 11.9 Å². The molecule has 2 aromatic heterocycles. The molecule has 0 saturated heterocycles. The van der Waals surface area contributed by atoms with Crippen LogP contribution in [0.2, 0.25) is 0 Å². The average Bonchev–Trinajstić information content (AvgIpc) is 3.05. The average molecular weight is 271 g/mol. The van der Waals surface area contributed by atoms with Crippen molar-refractivity contribution in [1.82, 2.24) is 19.7 Å². The second-order valence-electron chi connectivity index (χ2n) is 5.85. The monoisotopic (exact) mass is 271 g/mol. The molecule has 0 atom stereocenters. The van der Waals surface area contributed by atoms with Gasteiger partial charge in [-0.3, -0.25) is 4.68 Å². The molecular formula is C15H21N5. The summed E-state index contributed by atoms with van der Waals surface area (Å²) in [4.78, 5) is 9.44. The summed E-state index contributed by atoms with van der Waals surface area (Å²) < 4.78 is 1.80. The van der Waals surface area contributed by atoms with Gasteiger partial charge in [-0.1, -0.05) is 13.8 Å². The molecular weight excluding hydrogens is 250 g/mol. The molecule has 5 nitrogen and oxygen atoms in total. The van der Waals surface area contributed by atoms with Crippen LogP contribution in [-0.2, 0) is 12.5 Å². The normalized spacial score (nSPS) is 16.1. The highest BCUT2D eigenvalue weighted by molar-refractivity contribution is 5.61. The van der Waals surface area contributed by atoms with Crippen molar-refractivity contribution in [2.24, 2.45) is 7.05 Å². The minimum absolute atomic E-state index is 0.168. The zero-order chi connectivity index (χ0) is 14.2. The maximum absolute atomic E-state index is 4.75. The molecule has 0 unspecified atom stereocenters. The second-order valence-corrected chi connectivity index (χ2v) is 5.85. The van der Waals surface area contributed by atoms with E-state index in [1.807, 2.05) is 25.5 Å². The molecule has 0 spiro atoms.